The van der Waals surface area contributed by atoms with Gasteiger partial charge in [0.25, 0.3) is 0 Å². The van der Waals surface area contributed by atoms with Crippen LogP contribution in [0, 0.1) is 11.2 Å². The van der Waals surface area contributed by atoms with Crippen LogP contribution in [-0.4, -0.2) is 12.4 Å². The molecule has 0 heterocycles. The van der Waals surface area contributed by atoms with Crippen LogP contribution < -0.4 is 10.5 Å². The Morgan fingerprint density at radius 2 is 2.31 bits per heavy atom. The van der Waals surface area contributed by atoms with Crippen molar-refractivity contribution in [1.82, 2.24) is 0 Å². The van der Waals surface area contributed by atoms with E-state index in [0.717, 1.165) is 0 Å². The summed E-state index contributed by atoms with van der Waals surface area (Å²) in [5, 5.41) is 6.89. The first kappa shape index (κ1) is 9.98. The maximum Gasteiger partial charge on any atom is 0.145 e. The van der Waals surface area contributed by atoms with E-state index in [9.17, 15) is 4.39 Å². The molecule has 3 N–H and O–H groups in total. The van der Waals surface area contributed by atoms with E-state index in [1.807, 2.05) is 0 Å². The summed E-state index contributed by atoms with van der Waals surface area (Å²) < 4.78 is 18.3. The molecule has 0 saturated carbocycles. The van der Waals surface area contributed by atoms with Crippen molar-refractivity contribution in [2.45, 2.75) is 0 Å². The number of nitrogens with two attached hydrogens (primary N) is 1. The molecular weight excluding hydrogens is 239 g/mol. The molecule has 70 valence electrons. The maximum atomic E-state index is 12.9. The van der Waals surface area contributed by atoms with Crippen molar-refractivity contribution >= 4 is 21.8 Å². The van der Waals surface area contributed by atoms with E-state index in [1.54, 1.807) is 6.07 Å². The first-order chi connectivity index (χ1) is 6.09. The Labute approximate surface area is 83.3 Å². The first-order valence-corrected chi connectivity index (χ1v) is 4.29. The van der Waals surface area contributed by atoms with E-state index in [4.69, 9.17) is 15.9 Å². The molecule has 1 aromatic carbocycles. The minimum Gasteiger partial charge on any atom is -0.486 e. The summed E-state index contributed by atoms with van der Waals surface area (Å²) in [7, 11) is 0. The van der Waals surface area contributed by atoms with Gasteiger partial charge in [0.15, 0.2) is 0 Å². The SMILES string of the molecule is N=C(N)COc1ccc(Br)c(F)c1. The molecule has 5 heteroatoms. The van der Waals surface area contributed by atoms with Crippen LogP contribution in [0.1, 0.15) is 0 Å². The van der Waals surface area contributed by atoms with Gasteiger partial charge < -0.3 is 10.5 Å². The molecule has 0 atom stereocenters. The zero-order valence-corrected chi connectivity index (χ0v) is 8.27. The molecule has 13 heavy (non-hydrogen) atoms. The summed E-state index contributed by atoms with van der Waals surface area (Å²) in [6, 6.07) is 4.36. The third-order valence-electron chi connectivity index (χ3n) is 1.29. The number of amidine groups is 1. The second-order valence-corrected chi connectivity index (χ2v) is 3.24. The highest BCUT2D eigenvalue weighted by molar-refractivity contribution is 9.10. The van der Waals surface area contributed by atoms with Gasteiger partial charge in [0.1, 0.15) is 24.0 Å². The van der Waals surface area contributed by atoms with E-state index in [0.29, 0.717) is 10.2 Å². The van der Waals surface area contributed by atoms with Crippen LogP contribution in [0.3, 0.4) is 0 Å². The highest BCUT2D eigenvalue weighted by Crippen LogP contribution is 2.20. The third kappa shape index (κ3) is 3.02. The zero-order chi connectivity index (χ0) is 9.84. The van der Waals surface area contributed by atoms with Crippen molar-refractivity contribution in [1.29, 1.82) is 5.41 Å². The Morgan fingerprint density at radius 3 is 2.85 bits per heavy atom. The van der Waals surface area contributed by atoms with Crippen molar-refractivity contribution in [3.63, 3.8) is 0 Å². The molecule has 1 rings (SSSR count). The van der Waals surface area contributed by atoms with E-state index in [1.165, 1.54) is 12.1 Å². The molecule has 0 aromatic heterocycles. The Kier molecular flexibility index (Phi) is 3.25. The number of benzene rings is 1. The molecule has 0 saturated heterocycles. The molecule has 3 nitrogen and oxygen atoms in total. The molecule has 0 aliphatic rings. The molecule has 1 aromatic rings. The van der Waals surface area contributed by atoms with Gasteiger partial charge in [0.05, 0.1) is 4.47 Å². The van der Waals surface area contributed by atoms with Crippen molar-refractivity contribution in [3.05, 3.63) is 28.5 Å². The van der Waals surface area contributed by atoms with Crippen LogP contribution in [-0.2, 0) is 0 Å². The van der Waals surface area contributed by atoms with E-state index < -0.39 is 5.82 Å². The lowest BCUT2D eigenvalue weighted by molar-refractivity contribution is 0.371. The number of ether oxygens (including phenoxy) is 1. The summed E-state index contributed by atoms with van der Waals surface area (Å²) in [4.78, 5) is 0. The quantitative estimate of drug-likeness (QED) is 0.633. The minimum atomic E-state index is -0.402. The minimum absolute atomic E-state index is 0.0267. The Bertz CT molecular complexity index is 330. The molecule has 0 aliphatic carbocycles. The van der Waals surface area contributed by atoms with E-state index in [2.05, 4.69) is 15.9 Å². The molecule has 0 unspecified atom stereocenters. The van der Waals surface area contributed by atoms with E-state index in [-0.39, 0.29) is 12.4 Å². The fraction of sp³-hybridized carbons (Fsp3) is 0.125. The average Bonchev–Trinajstić information content (AvgIpc) is 2.07. The van der Waals surface area contributed by atoms with Crippen LogP contribution in [0.5, 0.6) is 5.75 Å². The molecule has 0 spiro atoms. The molecule has 0 aliphatic heterocycles. The number of hydrogen-bond donors (Lipinski definition) is 2. The van der Waals surface area contributed by atoms with E-state index >= 15 is 0 Å². The maximum absolute atomic E-state index is 12.9. The molecule has 0 fully saturated rings. The van der Waals surface area contributed by atoms with Gasteiger partial charge in [-0.25, -0.2) is 4.39 Å². The smallest absolute Gasteiger partial charge is 0.145 e. The van der Waals surface area contributed by atoms with Crippen LogP contribution in [0.4, 0.5) is 4.39 Å². The standard InChI is InChI=1S/C8H8BrFN2O/c9-6-2-1-5(3-7(6)10)13-4-8(11)12/h1-3H,4H2,(H3,11,12). The second kappa shape index (κ2) is 4.23. The predicted molar refractivity (Wildman–Crippen MR) is 51.5 cm³/mol. The van der Waals surface area contributed by atoms with Gasteiger partial charge in [-0.1, -0.05) is 0 Å². The highest BCUT2D eigenvalue weighted by Gasteiger charge is 2.01. The van der Waals surface area contributed by atoms with Crippen molar-refractivity contribution in [2.75, 3.05) is 6.61 Å². The predicted octanol–water partition coefficient (Wildman–Crippen LogP) is 1.90. The molecule has 0 amide bonds. The fourth-order valence-electron chi connectivity index (χ4n) is 0.728. The largest absolute Gasteiger partial charge is 0.486 e. The Balaban J connectivity index is 2.68. The van der Waals surface area contributed by atoms with Crippen LogP contribution >= 0.6 is 15.9 Å². The second-order valence-electron chi connectivity index (χ2n) is 2.39. The highest BCUT2D eigenvalue weighted by atomic mass is 79.9. The van der Waals surface area contributed by atoms with Crippen LogP contribution in [0.15, 0.2) is 22.7 Å². The molecule has 0 radical (unpaired) electrons. The lowest BCUT2D eigenvalue weighted by Crippen LogP contribution is -2.19. The number of halogens is 2. The van der Waals surface area contributed by atoms with Crippen molar-refractivity contribution in [3.8, 4) is 5.75 Å². The van der Waals surface area contributed by atoms with Gasteiger partial charge in [0.2, 0.25) is 0 Å². The first-order valence-electron chi connectivity index (χ1n) is 3.50. The number of nitrogens with one attached hydrogen (secondary N) is 1. The normalized spacial score (nSPS) is 9.69. The van der Waals surface area contributed by atoms with Crippen LogP contribution in [0.25, 0.3) is 0 Å². The van der Waals surface area contributed by atoms with Crippen molar-refractivity contribution in [2.24, 2.45) is 5.73 Å². The van der Waals surface area contributed by atoms with Gasteiger partial charge in [-0.3, -0.25) is 5.41 Å². The Hall–Kier alpha value is -1.10. The molecular formula is C8H8BrFN2O. The zero-order valence-electron chi connectivity index (χ0n) is 6.68. The summed E-state index contributed by atoms with van der Waals surface area (Å²) >= 11 is 3.01. The van der Waals surface area contributed by atoms with Gasteiger partial charge >= 0.3 is 0 Å². The third-order valence-corrected chi connectivity index (χ3v) is 1.93. The lowest BCUT2D eigenvalue weighted by Gasteiger charge is -2.04. The summed E-state index contributed by atoms with van der Waals surface area (Å²) in [6.45, 7) is -0.0267. The van der Waals surface area contributed by atoms with Gasteiger partial charge in [-0.15, -0.1) is 0 Å². The van der Waals surface area contributed by atoms with Crippen molar-refractivity contribution < 1.29 is 9.13 Å². The summed E-state index contributed by atoms with van der Waals surface area (Å²) in [5.74, 6) is -0.139. The molecule has 0 bridgehead atoms. The fourth-order valence-corrected chi connectivity index (χ4v) is 0.974. The monoisotopic (exact) mass is 246 g/mol. The van der Waals surface area contributed by atoms with Gasteiger partial charge in [-0.05, 0) is 28.1 Å². The average molecular weight is 247 g/mol. The topological polar surface area (TPSA) is 59.1 Å². The number of hydrogen-bond acceptors (Lipinski definition) is 2. The van der Waals surface area contributed by atoms with Gasteiger partial charge in [0, 0.05) is 6.07 Å². The Morgan fingerprint density at radius 1 is 1.62 bits per heavy atom. The lowest BCUT2D eigenvalue weighted by atomic mass is 10.3. The number of rotatable bonds is 3. The van der Waals surface area contributed by atoms with Gasteiger partial charge in [-0.2, -0.15) is 0 Å². The summed E-state index contributed by atoms with van der Waals surface area (Å²) in [5.41, 5.74) is 5.06. The summed E-state index contributed by atoms with van der Waals surface area (Å²) in [6.07, 6.45) is 0. The van der Waals surface area contributed by atoms with Crippen LogP contribution in [0.2, 0.25) is 0 Å².